The molecule has 1 heterocycles. The summed E-state index contributed by atoms with van der Waals surface area (Å²) in [5.41, 5.74) is 2.37. The Balaban J connectivity index is 1.83. The Morgan fingerprint density at radius 3 is 2.71 bits per heavy atom. The molecule has 1 aliphatic heterocycles. The van der Waals surface area contributed by atoms with Crippen LogP contribution >= 0.6 is 0 Å². The van der Waals surface area contributed by atoms with Gasteiger partial charge in [0, 0.05) is 25.7 Å². The van der Waals surface area contributed by atoms with Gasteiger partial charge >= 0.3 is 0 Å². The summed E-state index contributed by atoms with van der Waals surface area (Å²) in [5.74, 6) is 2.55. The summed E-state index contributed by atoms with van der Waals surface area (Å²) in [6, 6.07) is 6.33. The summed E-state index contributed by atoms with van der Waals surface area (Å²) < 4.78 is 5.74. The smallest absolute Gasteiger partial charge is 0.191 e. The highest BCUT2D eigenvalue weighted by atomic mass is 16.5. The van der Waals surface area contributed by atoms with Crippen molar-refractivity contribution >= 4 is 5.96 Å². The number of aliphatic imine (C=N–C) groups is 1. The molecule has 5 nitrogen and oxygen atoms in total. The molecule has 1 aromatic rings. The van der Waals surface area contributed by atoms with Crippen LogP contribution in [-0.4, -0.2) is 51.2 Å². The highest BCUT2D eigenvalue weighted by Crippen LogP contribution is 2.20. The number of rotatable bonds is 6. The fourth-order valence-electron chi connectivity index (χ4n) is 3.00. The van der Waals surface area contributed by atoms with Gasteiger partial charge in [-0.3, -0.25) is 4.99 Å². The zero-order chi connectivity index (χ0) is 17.4. The highest BCUT2D eigenvalue weighted by molar-refractivity contribution is 5.79. The monoisotopic (exact) mass is 332 g/mol. The first-order valence-corrected chi connectivity index (χ1v) is 8.97. The van der Waals surface area contributed by atoms with Gasteiger partial charge in [0.1, 0.15) is 5.75 Å². The van der Waals surface area contributed by atoms with E-state index in [4.69, 9.17) is 4.74 Å². The van der Waals surface area contributed by atoms with Crippen LogP contribution in [-0.2, 0) is 6.54 Å². The van der Waals surface area contributed by atoms with Crippen LogP contribution < -0.4 is 15.4 Å². The molecule has 2 N–H and O–H groups in total. The van der Waals surface area contributed by atoms with Gasteiger partial charge in [-0.05, 0) is 64.4 Å². The molecule has 0 bridgehead atoms. The predicted molar refractivity (Wildman–Crippen MR) is 101 cm³/mol. The first kappa shape index (κ1) is 18.6. The van der Waals surface area contributed by atoms with Crippen LogP contribution in [0.1, 0.15) is 30.9 Å². The van der Waals surface area contributed by atoms with Crippen molar-refractivity contribution in [3.63, 3.8) is 0 Å². The number of guanidine groups is 1. The number of likely N-dealkylation sites (tertiary alicyclic amines) is 1. The zero-order valence-electron chi connectivity index (χ0n) is 15.6. The number of hydrogen-bond donors (Lipinski definition) is 2. The lowest BCUT2D eigenvalue weighted by molar-refractivity contribution is 0.220. The van der Waals surface area contributed by atoms with E-state index in [-0.39, 0.29) is 0 Å². The lowest BCUT2D eigenvalue weighted by Gasteiger charge is -2.29. The molecule has 24 heavy (non-hydrogen) atoms. The highest BCUT2D eigenvalue weighted by Gasteiger charge is 2.16. The number of hydrogen-bond acceptors (Lipinski definition) is 3. The number of benzene rings is 1. The third kappa shape index (κ3) is 5.71. The maximum Gasteiger partial charge on any atom is 0.191 e. The molecule has 1 fully saturated rings. The Bertz CT molecular complexity index is 536. The molecule has 2 rings (SSSR count). The van der Waals surface area contributed by atoms with Gasteiger partial charge < -0.3 is 20.3 Å². The second-order valence-corrected chi connectivity index (χ2v) is 6.60. The van der Waals surface area contributed by atoms with Crippen molar-refractivity contribution < 1.29 is 4.74 Å². The van der Waals surface area contributed by atoms with E-state index in [0.29, 0.717) is 13.2 Å². The van der Waals surface area contributed by atoms with Gasteiger partial charge in [-0.15, -0.1) is 0 Å². The molecule has 0 atom stereocenters. The summed E-state index contributed by atoms with van der Waals surface area (Å²) in [7, 11) is 4.02. The van der Waals surface area contributed by atoms with Crippen molar-refractivity contribution in [1.82, 2.24) is 15.5 Å². The average Bonchev–Trinajstić information content (AvgIpc) is 2.58. The van der Waals surface area contributed by atoms with E-state index < -0.39 is 0 Å². The normalized spacial score (nSPS) is 16.9. The summed E-state index contributed by atoms with van der Waals surface area (Å²) in [5, 5.41) is 6.87. The quantitative estimate of drug-likeness (QED) is 0.620. The van der Waals surface area contributed by atoms with E-state index in [0.717, 1.165) is 29.7 Å². The molecule has 0 amide bonds. The molecule has 1 aliphatic rings. The Morgan fingerprint density at radius 2 is 2.04 bits per heavy atom. The molecule has 0 aromatic heterocycles. The maximum atomic E-state index is 5.74. The molecular formula is C19H32N4O. The molecule has 1 aromatic carbocycles. The van der Waals surface area contributed by atoms with E-state index in [9.17, 15) is 0 Å². The predicted octanol–water partition coefficient (Wildman–Crippen LogP) is 2.40. The molecule has 0 unspecified atom stereocenters. The van der Waals surface area contributed by atoms with Gasteiger partial charge in [0.15, 0.2) is 5.96 Å². The van der Waals surface area contributed by atoms with Gasteiger partial charge in [-0.2, -0.15) is 0 Å². The molecule has 0 spiro atoms. The summed E-state index contributed by atoms with van der Waals surface area (Å²) in [6.45, 7) is 8.87. The first-order valence-electron chi connectivity index (χ1n) is 8.97. The molecule has 0 aliphatic carbocycles. The standard InChI is InChI=1S/C19H32N4O/c1-5-24-18-12-15(2)6-7-17(18)14-22-19(20-3)21-13-16-8-10-23(4)11-9-16/h6-7,12,16H,5,8-11,13-14H2,1-4H3,(H2,20,21,22). The molecule has 0 radical (unpaired) electrons. The third-order valence-corrected chi connectivity index (χ3v) is 4.59. The number of ether oxygens (including phenoxy) is 1. The van der Waals surface area contributed by atoms with Gasteiger partial charge in [0.05, 0.1) is 6.61 Å². The Hall–Kier alpha value is -1.75. The minimum atomic E-state index is 0.680. The lowest BCUT2D eigenvalue weighted by Crippen LogP contribution is -2.42. The van der Waals surface area contributed by atoms with E-state index in [1.54, 1.807) is 0 Å². The maximum absolute atomic E-state index is 5.74. The van der Waals surface area contributed by atoms with Crippen molar-refractivity contribution in [2.75, 3.05) is 40.3 Å². The summed E-state index contributed by atoms with van der Waals surface area (Å²) >= 11 is 0. The first-order chi connectivity index (χ1) is 11.6. The van der Waals surface area contributed by atoms with E-state index >= 15 is 0 Å². The number of aryl methyl sites for hydroxylation is 1. The molecular weight excluding hydrogens is 300 g/mol. The average molecular weight is 332 g/mol. The summed E-state index contributed by atoms with van der Waals surface area (Å²) in [4.78, 5) is 6.74. The van der Waals surface area contributed by atoms with Crippen molar-refractivity contribution in [1.29, 1.82) is 0 Å². The molecule has 1 saturated heterocycles. The summed E-state index contributed by atoms with van der Waals surface area (Å²) in [6.07, 6.45) is 2.51. The second-order valence-electron chi connectivity index (χ2n) is 6.60. The van der Waals surface area contributed by atoms with Gasteiger partial charge in [-0.1, -0.05) is 12.1 Å². The minimum absolute atomic E-state index is 0.680. The fraction of sp³-hybridized carbons (Fsp3) is 0.632. The van der Waals surface area contributed by atoms with Crippen molar-refractivity contribution in [3.8, 4) is 5.75 Å². The van der Waals surface area contributed by atoms with Crippen LogP contribution in [0.2, 0.25) is 0 Å². The number of piperidine rings is 1. The van der Waals surface area contributed by atoms with Gasteiger partial charge in [0.2, 0.25) is 0 Å². The van der Waals surface area contributed by atoms with Crippen molar-refractivity contribution in [2.24, 2.45) is 10.9 Å². The van der Waals surface area contributed by atoms with E-state index in [2.05, 4.69) is 52.7 Å². The van der Waals surface area contributed by atoms with E-state index in [1.807, 2.05) is 14.0 Å². The zero-order valence-corrected chi connectivity index (χ0v) is 15.6. The second kappa shape index (κ2) is 9.52. The molecule has 0 saturated carbocycles. The van der Waals surface area contributed by atoms with Gasteiger partial charge in [-0.25, -0.2) is 0 Å². The van der Waals surface area contributed by atoms with Crippen molar-refractivity contribution in [2.45, 2.75) is 33.2 Å². The van der Waals surface area contributed by atoms with Crippen molar-refractivity contribution in [3.05, 3.63) is 29.3 Å². The topological polar surface area (TPSA) is 48.9 Å². The van der Waals surface area contributed by atoms with Crippen LogP contribution in [0.25, 0.3) is 0 Å². The van der Waals surface area contributed by atoms with Crippen LogP contribution in [0.3, 0.4) is 0 Å². The molecule has 134 valence electrons. The molecule has 5 heteroatoms. The largest absolute Gasteiger partial charge is 0.494 e. The lowest BCUT2D eigenvalue weighted by atomic mass is 9.97. The minimum Gasteiger partial charge on any atom is -0.494 e. The van der Waals surface area contributed by atoms with Crippen LogP contribution in [0.4, 0.5) is 0 Å². The number of nitrogens with zero attached hydrogens (tertiary/aromatic N) is 2. The van der Waals surface area contributed by atoms with Crippen LogP contribution in [0.15, 0.2) is 23.2 Å². The van der Waals surface area contributed by atoms with Crippen LogP contribution in [0.5, 0.6) is 5.75 Å². The van der Waals surface area contributed by atoms with Crippen LogP contribution in [0, 0.1) is 12.8 Å². The van der Waals surface area contributed by atoms with Gasteiger partial charge in [0.25, 0.3) is 0 Å². The Morgan fingerprint density at radius 1 is 1.29 bits per heavy atom. The Labute approximate surface area is 146 Å². The Kier molecular flexibility index (Phi) is 7.37. The third-order valence-electron chi connectivity index (χ3n) is 4.59. The SMILES string of the molecule is CCOc1cc(C)ccc1CNC(=NC)NCC1CCN(C)CC1. The number of nitrogens with one attached hydrogen (secondary N) is 2. The van der Waals surface area contributed by atoms with E-state index in [1.165, 1.54) is 31.5 Å². The fourth-order valence-corrected chi connectivity index (χ4v) is 3.00.